The van der Waals surface area contributed by atoms with Gasteiger partial charge in [-0.1, -0.05) is 18.5 Å². The lowest BCUT2D eigenvalue weighted by atomic mass is 9.64. The molecule has 2 aliphatic heterocycles. The standard InChI is InChI=1S/C23H24ClF2NO5S2/c1-2-14-11-16-17-12-32-22-19(26)8-7-18(25)21(22)23(17,10-9-20(16)27-34(14,30)31)33(28,29)15-5-3-13(24)4-6-15/h3-8,14,16-17,20,27H,2,9-12H2,1H3/t14-,16-,17+,20+,23+/m0/s1. The molecule has 1 aliphatic carbocycles. The van der Waals surface area contributed by atoms with Gasteiger partial charge in [0, 0.05) is 17.0 Å². The van der Waals surface area contributed by atoms with E-state index in [4.69, 9.17) is 16.3 Å². The van der Waals surface area contributed by atoms with Crippen molar-refractivity contribution in [3.8, 4) is 5.75 Å². The summed E-state index contributed by atoms with van der Waals surface area (Å²) in [7, 11) is -7.84. The number of hydrogen-bond acceptors (Lipinski definition) is 5. The second-order valence-corrected chi connectivity index (χ2v) is 13.9. The van der Waals surface area contributed by atoms with Crippen LogP contribution in [0.15, 0.2) is 41.3 Å². The molecule has 2 aromatic carbocycles. The van der Waals surface area contributed by atoms with Gasteiger partial charge >= 0.3 is 0 Å². The predicted molar refractivity (Wildman–Crippen MR) is 123 cm³/mol. The Morgan fingerprint density at radius 3 is 2.50 bits per heavy atom. The molecular weight excluding hydrogens is 508 g/mol. The van der Waals surface area contributed by atoms with Crippen LogP contribution in [0.2, 0.25) is 5.02 Å². The van der Waals surface area contributed by atoms with Crippen molar-refractivity contribution in [1.82, 2.24) is 4.72 Å². The molecule has 5 atom stereocenters. The molecule has 3 aliphatic rings. The summed E-state index contributed by atoms with van der Waals surface area (Å²) in [4.78, 5) is -0.0553. The van der Waals surface area contributed by atoms with Gasteiger partial charge in [0.25, 0.3) is 0 Å². The molecule has 34 heavy (non-hydrogen) atoms. The van der Waals surface area contributed by atoms with E-state index in [0.717, 1.165) is 12.1 Å². The van der Waals surface area contributed by atoms with Gasteiger partial charge < -0.3 is 4.74 Å². The molecule has 0 aromatic heterocycles. The van der Waals surface area contributed by atoms with Gasteiger partial charge in [-0.25, -0.2) is 30.3 Å². The van der Waals surface area contributed by atoms with E-state index in [1.54, 1.807) is 6.92 Å². The molecule has 2 aromatic rings. The summed E-state index contributed by atoms with van der Waals surface area (Å²) in [5.74, 6) is -3.30. The van der Waals surface area contributed by atoms with Gasteiger partial charge in [-0.3, -0.25) is 0 Å². The molecule has 6 nitrogen and oxygen atoms in total. The Bertz CT molecular complexity index is 1350. The average molecular weight is 532 g/mol. The highest BCUT2D eigenvalue weighted by molar-refractivity contribution is 7.92. The van der Waals surface area contributed by atoms with Crippen LogP contribution < -0.4 is 9.46 Å². The maximum Gasteiger partial charge on any atom is 0.214 e. The van der Waals surface area contributed by atoms with Crippen LogP contribution in [0.1, 0.15) is 38.2 Å². The summed E-state index contributed by atoms with van der Waals surface area (Å²) < 4.78 is 90.7. The van der Waals surface area contributed by atoms with E-state index in [1.165, 1.54) is 24.3 Å². The third-order valence-electron chi connectivity index (χ3n) is 7.70. The number of sulfonamides is 1. The van der Waals surface area contributed by atoms with Crippen LogP contribution in [-0.2, 0) is 24.6 Å². The third kappa shape index (κ3) is 3.32. The number of sulfone groups is 1. The number of benzene rings is 2. The SMILES string of the molecule is CC[C@H]1C[C@H]2[C@H]3COc4c(F)ccc(F)c4[C@@]3(S(=O)(=O)c3ccc(Cl)cc3)CC[C@H]2NS1(=O)=O. The Balaban J connectivity index is 1.75. The van der Waals surface area contributed by atoms with E-state index >= 15 is 4.39 Å². The first-order chi connectivity index (χ1) is 16.0. The number of fused-ring (bicyclic) bond motifs is 5. The Morgan fingerprint density at radius 1 is 1.15 bits per heavy atom. The Labute approximate surface area is 202 Å². The van der Waals surface area contributed by atoms with E-state index in [9.17, 15) is 21.2 Å². The lowest BCUT2D eigenvalue weighted by Crippen LogP contribution is -2.63. The van der Waals surface area contributed by atoms with Crippen LogP contribution in [0, 0.1) is 23.5 Å². The summed E-state index contributed by atoms with van der Waals surface area (Å²) in [5.41, 5.74) is -0.307. The second-order valence-electron chi connectivity index (χ2n) is 9.24. The first kappa shape index (κ1) is 24.0. The summed E-state index contributed by atoms with van der Waals surface area (Å²) >= 11 is 5.97. The highest BCUT2D eigenvalue weighted by Crippen LogP contribution is 2.59. The molecule has 0 spiro atoms. The van der Waals surface area contributed by atoms with Gasteiger partial charge in [-0.15, -0.1) is 0 Å². The largest absolute Gasteiger partial charge is 0.490 e. The van der Waals surface area contributed by atoms with Gasteiger partial charge in [0.05, 0.1) is 22.3 Å². The Morgan fingerprint density at radius 2 is 1.82 bits per heavy atom. The highest BCUT2D eigenvalue weighted by Gasteiger charge is 2.64. The number of halogens is 3. The number of nitrogens with one attached hydrogen (secondary N) is 1. The maximum absolute atomic E-state index is 15.4. The van der Waals surface area contributed by atoms with Crippen LogP contribution in [-0.4, -0.2) is 34.7 Å². The molecule has 1 N–H and O–H groups in total. The van der Waals surface area contributed by atoms with Crippen molar-refractivity contribution in [3.05, 3.63) is 58.6 Å². The van der Waals surface area contributed by atoms with Crippen molar-refractivity contribution in [2.24, 2.45) is 11.8 Å². The summed E-state index contributed by atoms with van der Waals surface area (Å²) in [6.07, 6.45) is 0.649. The van der Waals surface area contributed by atoms with Crippen LogP contribution in [0.4, 0.5) is 8.78 Å². The third-order valence-corrected chi connectivity index (χ3v) is 12.5. The van der Waals surface area contributed by atoms with Crippen LogP contribution in [0.3, 0.4) is 0 Å². The molecule has 2 heterocycles. The molecule has 0 unspecified atom stereocenters. The zero-order valence-electron chi connectivity index (χ0n) is 18.3. The van der Waals surface area contributed by atoms with Gasteiger partial charge in [0.1, 0.15) is 10.6 Å². The van der Waals surface area contributed by atoms with Gasteiger partial charge in [-0.2, -0.15) is 0 Å². The van der Waals surface area contributed by atoms with Crippen molar-refractivity contribution < 1.29 is 30.4 Å². The number of hydrogen-bond donors (Lipinski definition) is 1. The topological polar surface area (TPSA) is 89.5 Å². The quantitative estimate of drug-likeness (QED) is 0.642. The number of rotatable bonds is 3. The Kier molecular flexibility index (Phi) is 5.74. The molecule has 1 saturated heterocycles. The smallest absolute Gasteiger partial charge is 0.214 e. The minimum absolute atomic E-state index is 0.0553. The van der Waals surface area contributed by atoms with Crippen LogP contribution >= 0.6 is 11.6 Å². The van der Waals surface area contributed by atoms with Crippen molar-refractivity contribution in [2.75, 3.05) is 6.61 Å². The second kappa shape index (κ2) is 8.15. The molecule has 11 heteroatoms. The van der Waals surface area contributed by atoms with E-state index in [2.05, 4.69) is 4.72 Å². The first-order valence-electron chi connectivity index (χ1n) is 11.2. The normalized spacial score (nSPS) is 32.1. The van der Waals surface area contributed by atoms with E-state index in [-0.39, 0.29) is 36.3 Å². The maximum atomic E-state index is 15.4. The molecule has 0 bridgehead atoms. The first-order valence-corrected chi connectivity index (χ1v) is 14.6. The molecule has 0 radical (unpaired) electrons. The van der Waals surface area contributed by atoms with E-state index in [0.29, 0.717) is 11.4 Å². The van der Waals surface area contributed by atoms with Crippen LogP contribution in [0.25, 0.3) is 0 Å². The van der Waals surface area contributed by atoms with Crippen molar-refractivity contribution in [2.45, 2.75) is 53.5 Å². The summed E-state index contributed by atoms with van der Waals surface area (Å²) in [5, 5.41) is -0.365. The van der Waals surface area contributed by atoms with E-state index < -0.39 is 65.1 Å². The summed E-state index contributed by atoms with van der Waals surface area (Å²) in [6.45, 7) is 1.59. The number of ether oxygens (including phenoxy) is 1. The minimum Gasteiger partial charge on any atom is -0.490 e. The lowest BCUT2D eigenvalue weighted by Gasteiger charge is -2.54. The van der Waals surface area contributed by atoms with Gasteiger partial charge in [-0.05, 0) is 68.0 Å². The molecule has 184 valence electrons. The Hall–Kier alpha value is -1.75. The highest BCUT2D eigenvalue weighted by atomic mass is 35.5. The fourth-order valence-corrected chi connectivity index (χ4v) is 10.4. The zero-order valence-corrected chi connectivity index (χ0v) is 20.7. The van der Waals surface area contributed by atoms with Crippen molar-refractivity contribution >= 4 is 31.5 Å². The van der Waals surface area contributed by atoms with E-state index in [1.807, 2.05) is 0 Å². The lowest BCUT2D eigenvalue weighted by molar-refractivity contribution is 0.0491. The van der Waals surface area contributed by atoms with Crippen molar-refractivity contribution in [3.63, 3.8) is 0 Å². The molecular formula is C23H24ClF2NO5S2. The predicted octanol–water partition coefficient (Wildman–Crippen LogP) is 4.18. The minimum atomic E-state index is -4.28. The molecule has 0 amide bonds. The van der Waals surface area contributed by atoms with Crippen LogP contribution in [0.5, 0.6) is 5.75 Å². The molecule has 1 saturated carbocycles. The monoisotopic (exact) mass is 531 g/mol. The van der Waals surface area contributed by atoms with Gasteiger partial charge in [0.2, 0.25) is 10.0 Å². The fourth-order valence-electron chi connectivity index (χ4n) is 6.10. The van der Waals surface area contributed by atoms with Crippen molar-refractivity contribution in [1.29, 1.82) is 0 Å². The molecule has 5 rings (SSSR count). The van der Waals surface area contributed by atoms with Gasteiger partial charge in [0.15, 0.2) is 21.4 Å². The zero-order chi connectivity index (χ0) is 24.5. The fraction of sp³-hybridized carbons (Fsp3) is 0.478. The molecule has 2 fully saturated rings. The average Bonchev–Trinajstić information content (AvgIpc) is 2.79. The summed E-state index contributed by atoms with van der Waals surface area (Å²) in [6, 6.07) is 6.94.